The molecule has 66 heavy (non-hydrogen) atoms. The van der Waals surface area contributed by atoms with Gasteiger partial charge in [0.15, 0.2) is 11.3 Å². The third-order valence-electron chi connectivity index (χ3n) is 12.1. The van der Waals surface area contributed by atoms with Crippen molar-refractivity contribution in [2.75, 3.05) is 7.11 Å². The largest absolute Gasteiger partial charge is 0.400 e. The van der Waals surface area contributed by atoms with Crippen LogP contribution in [0.5, 0.6) is 0 Å². The number of allylic oxidation sites excluding steroid dienone is 2. The van der Waals surface area contributed by atoms with Crippen molar-refractivity contribution in [2.45, 2.75) is 101 Å². The molecule has 0 saturated heterocycles. The molecule has 1 fully saturated rings. The van der Waals surface area contributed by atoms with Crippen LogP contribution in [-0.4, -0.2) is 66.5 Å². The molecule has 0 bridgehead atoms. The Morgan fingerprint density at radius 3 is 1.55 bits per heavy atom. The van der Waals surface area contributed by atoms with Crippen LogP contribution in [0.2, 0.25) is 0 Å². The monoisotopic (exact) mass is 930 g/mol. The highest BCUT2D eigenvalue weighted by atomic mass is 32.2. The van der Waals surface area contributed by atoms with Gasteiger partial charge in [-0.3, -0.25) is 9.36 Å². The number of aromatic nitrogens is 8. The molecule has 6 heterocycles. The van der Waals surface area contributed by atoms with Crippen molar-refractivity contribution in [3.63, 3.8) is 0 Å². The molecular weight excluding hydrogens is 869 g/mol. The summed E-state index contributed by atoms with van der Waals surface area (Å²) in [6.45, 7) is 0. The first kappa shape index (κ1) is 49.3. The number of benzene rings is 2. The van der Waals surface area contributed by atoms with Gasteiger partial charge >= 0.3 is 0 Å². The predicted molar refractivity (Wildman–Crippen MR) is 265 cm³/mol. The molecule has 0 spiro atoms. The second-order valence-corrected chi connectivity index (χ2v) is 20.0. The van der Waals surface area contributed by atoms with E-state index < -0.39 is 20.0 Å². The first-order chi connectivity index (χ1) is 31.1. The number of aryl methyl sites for hydroxylation is 2. The molecule has 2 aliphatic carbocycles. The molecule has 0 amide bonds. The normalized spacial score (nSPS) is 14.6. The maximum Gasteiger partial charge on any atom is 0.269 e. The number of hydrogen-bond donors (Lipinski definition) is 1. The molecule has 6 aromatic heterocycles. The summed E-state index contributed by atoms with van der Waals surface area (Å²) >= 11 is 0. The summed E-state index contributed by atoms with van der Waals surface area (Å²) < 4.78 is 59.8. The van der Waals surface area contributed by atoms with E-state index in [0.29, 0.717) is 17.2 Å². The van der Waals surface area contributed by atoms with Crippen molar-refractivity contribution in [3.8, 4) is 22.3 Å². The molecule has 13 nitrogen and oxygen atoms in total. The molecule has 0 unspecified atom stereocenters. The van der Waals surface area contributed by atoms with E-state index in [1.807, 2.05) is 44.9 Å². The second-order valence-electron chi connectivity index (χ2n) is 16.4. The minimum Gasteiger partial charge on any atom is -0.400 e. The lowest BCUT2D eigenvalue weighted by Gasteiger charge is -2.14. The van der Waals surface area contributed by atoms with Gasteiger partial charge in [0.1, 0.15) is 0 Å². The van der Waals surface area contributed by atoms with E-state index in [4.69, 9.17) is 5.11 Å². The van der Waals surface area contributed by atoms with E-state index in [1.165, 1.54) is 76.9 Å². The Balaban J connectivity index is 0.000000204. The maximum absolute atomic E-state index is 13.4. The smallest absolute Gasteiger partial charge is 0.269 e. The third-order valence-corrected chi connectivity index (χ3v) is 15.4. The van der Waals surface area contributed by atoms with Gasteiger partial charge in [0.05, 0.1) is 22.2 Å². The third kappa shape index (κ3) is 10.1. The van der Waals surface area contributed by atoms with E-state index in [1.54, 1.807) is 88.7 Å². The number of hydrogen-bond acceptors (Lipinski definition) is 9. The van der Waals surface area contributed by atoms with E-state index in [2.05, 4.69) is 38.4 Å². The van der Waals surface area contributed by atoms with Gasteiger partial charge in [0, 0.05) is 91.4 Å². The van der Waals surface area contributed by atoms with Crippen molar-refractivity contribution < 1.29 is 21.9 Å². The summed E-state index contributed by atoms with van der Waals surface area (Å²) in [6.07, 6.45) is 29.8. The molecule has 15 heteroatoms. The van der Waals surface area contributed by atoms with Gasteiger partial charge in [0.2, 0.25) is 0 Å². The van der Waals surface area contributed by atoms with E-state index in [-0.39, 0.29) is 24.6 Å². The minimum atomic E-state index is -3.78. The summed E-state index contributed by atoms with van der Waals surface area (Å²) in [5.41, 5.74) is 7.85. The Hall–Kier alpha value is -6.16. The summed E-state index contributed by atoms with van der Waals surface area (Å²) in [4.78, 5) is 9.82. The molecule has 1 N–H and O–H groups in total. The maximum atomic E-state index is 13.4. The summed E-state index contributed by atoms with van der Waals surface area (Å²) in [6, 6.07) is 21.2. The fourth-order valence-electron chi connectivity index (χ4n) is 8.82. The molecule has 2 aliphatic rings. The van der Waals surface area contributed by atoms with Crippen LogP contribution < -0.4 is 0 Å². The topological polar surface area (TPSA) is 160 Å². The van der Waals surface area contributed by atoms with Crippen LogP contribution in [0.1, 0.15) is 103 Å². The first-order valence-electron chi connectivity index (χ1n) is 21.8. The molecule has 348 valence electrons. The highest BCUT2D eigenvalue weighted by Gasteiger charge is 2.26. The summed E-state index contributed by atoms with van der Waals surface area (Å²) in [5, 5.41) is 17.2. The number of rotatable bonds is 8. The fourth-order valence-corrected chi connectivity index (χ4v) is 11.5. The standard InChI is InChI=1S/C24H26N4O2S.C24H24N4O2S.CH4O.2CH4/c2*1-27-16-20(15-26-27)23-17-28(31(29,30)21-11-7-4-8-12-21)24-22(23)13-19(14-25-24)18-9-5-2-3-6-10-18;1-2;;/h4,7-8,11-18H,2-3,5-6,9-10H2,1H3;4,7-9,11-17H,2-3,5-6,10H2,1H3;2H,1H3;2*1H4. The summed E-state index contributed by atoms with van der Waals surface area (Å²) in [5.74, 6) is 0.482. The van der Waals surface area contributed by atoms with Crippen LogP contribution in [0.15, 0.2) is 138 Å². The van der Waals surface area contributed by atoms with Gasteiger partial charge in [-0.05, 0) is 97.5 Å². The van der Waals surface area contributed by atoms with Crippen molar-refractivity contribution >= 4 is 47.7 Å². The zero-order valence-corrected chi connectivity index (χ0v) is 38.1. The lowest BCUT2D eigenvalue weighted by atomic mass is 9.92. The van der Waals surface area contributed by atoms with Gasteiger partial charge < -0.3 is 5.11 Å². The molecule has 10 rings (SSSR count). The zero-order chi connectivity index (χ0) is 44.8. The first-order valence-corrected chi connectivity index (χ1v) is 24.7. The number of aliphatic hydroxyl groups excluding tert-OH is 1. The number of nitrogens with zero attached hydrogens (tertiary/aromatic N) is 8. The van der Waals surface area contributed by atoms with Gasteiger partial charge in [-0.15, -0.1) is 0 Å². The van der Waals surface area contributed by atoms with Crippen molar-refractivity contribution in [1.82, 2.24) is 37.5 Å². The van der Waals surface area contributed by atoms with Crippen LogP contribution in [0.3, 0.4) is 0 Å². The Morgan fingerprint density at radius 2 is 1.05 bits per heavy atom. The van der Waals surface area contributed by atoms with E-state index >= 15 is 0 Å². The number of pyridine rings is 2. The van der Waals surface area contributed by atoms with E-state index in [0.717, 1.165) is 58.5 Å². The van der Waals surface area contributed by atoms with Gasteiger partial charge in [0.25, 0.3) is 20.0 Å². The minimum absolute atomic E-state index is 0. The van der Waals surface area contributed by atoms with Crippen LogP contribution in [0.4, 0.5) is 0 Å². The highest BCUT2D eigenvalue weighted by molar-refractivity contribution is 7.90. The number of fused-ring (bicyclic) bond motifs is 2. The molecule has 8 aromatic rings. The lowest BCUT2D eigenvalue weighted by molar-refractivity contribution is 0.399. The highest BCUT2D eigenvalue weighted by Crippen LogP contribution is 2.38. The Kier molecular flexibility index (Phi) is 16.0. The Bertz CT molecular complexity index is 3120. The molecule has 0 aliphatic heterocycles. The molecule has 2 aromatic carbocycles. The average Bonchev–Trinajstić information content (AvgIpc) is 4.03. The zero-order valence-electron chi connectivity index (χ0n) is 36.5. The van der Waals surface area contributed by atoms with Crippen LogP contribution >= 0.6 is 0 Å². The Labute approximate surface area is 389 Å². The second kappa shape index (κ2) is 21.4. The van der Waals surface area contributed by atoms with Gasteiger partial charge in [-0.1, -0.05) is 89.4 Å². The average molecular weight is 931 g/mol. The number of aliphatic hydroxyl groups is 1. The molecular formula is C51H62N8O5S2. The summed E-state index contributed by atoms with van der Waals surface area (Å²) in [7, 11) is -2.83. The fraction of sp³-hybridized carbons (Fsp3) is 0.333. The molecule has 0 atom stereocenters. The lowest BCUT2D eigenvalue weighted by Crippen LogP contribution is -2.12. The predicted octanol–water partition coefficient (Wildman–Crippen LogP) is 11.0. The van der Waals surface area contributed by atoms with E-state index in [9.17, 15) is 16.8 Å². The van der Waals surface area contributed by atoms with Crippen molar-refractivity contribution in [3.05, 3.63) is 140 Å². The van der Waals surface area contributed by atoms with Gasteiger partial charge in [-0.2, -0.15) is 10.2 Å². The molecule has 1 saturated carbocycles. The van der Waals surface area contributed by atoms with Crippen molar-refractivity contribution in [1.29, 1.82) is 0 Å². The van der Waals surface area contributed by atoms with Crippen LogP contribution in [0, 0.1) is 0 Å². The van der Waals surface area contributed by atoms with Crippen LogP contribution in [-0.2, 0) is 34.1 Å². The quantitative estimate of drug-likeness (QED) is 0.146. The van der Waals surface area contributed by atoms with Crippen molar-refractivity contribution in [2.24, 2.45) is 14.1 Å². The van der Waals surface area contributed by atoms with Gasteiger partial charge in [-0.25, -0.2) is 34.7 Å². The Morgan fingerprint density at radius 1 is 0.561 bits per heavy atom. The van der Waals surface area contributed by atoms with Crippen LogP contribution in [0.25, 0.3) is 49.9 Å². The molecule has 0 radical (unpaired) electrons. The SMILES string of the molecule is C.C.CO.Cn1cc(-c2cn(S(=O)(=O)c3ccccc3)c3ncc(C4=CCCCCC4)cc23)cn1.Cn1cc(-c2cn(S(=O)(=O)c3ccccc3)c3ncc(C4CCCCCC4)cc23)cn1.